The molecule has 4 aliphatic rings. The van der Waals surface area contributed by atoms with E-state index in [-0.39, 0.29) is 63.9 Å². The number of hydrogen-bond acceptors (Lipinski definition) is 18. The molecule has 0 spiro atoms. The van der Waals surface area contributed by atoms with Crippen molar-refractivity contribution in [3.05, 3.63) is 144 Å². The summed E-state index contributed by atoms with van der Waals surface area (Å²) in [5, 5.41) is 17.0. The van der Waals surface area contributed by atoms with Gasteiger partial charge in [0, 0.05) is 70.4 Å². The van der Waals surface area contributed by atoms with E-state index in [0.29, 0.717) is 54.1 Å². The number of ketones is 1. The summed E-state index contributed by atoms with van der Waals surface area (Å²) in [6.07, 6.45) is 11.7. The standard InChI is InChI=1S/C58H62N4O11S3.Na.2O3S/c1-8-60-42-30-27-35-26-28-37(75(68,69)70)33-40(35)50(42)56(2,3)46(60)23-14-10-15-24-47-57(4,5)49-39-21-18-22-45(76(71,72)73)38(39)29-31-43(49)61(47)32-17-11-16-25-48(64)59-51(36-19-12-9-13-20-36)44(63)34-41-53(65)62-52(55(66)67)58(6,7)74-54(41)62;;2*1-4(2)3/h9-10,12-15,18-24,26-31,33,41,51-52,54H,8,11,16-17,25,32,34H2,1-7H3,(H3-,59,64,66,67,68,69,70,71,72,73);;;/q;+1;;/p-1/t41-,51?,52+,54-;;;/m1.../s1. The Hall–Kier alpha value is -6.20. The van der Waals surface area contributed by atoms with E-state index in [4.69, 9.17) is 25.3 Å². The summed E-state index contributed by atoms with van der Waals surface area (Å²) >= 11 is 1.34. The van der Waals surface area contributed by atoms with Crippen LogP contribution in [0.25, 0.3) is 21.5 Å². The fourth-order valence-electron chi connectivity index (χ4n) is 12.0. The Morgan fingerprint density at radius 3 is 2.05 bits per heavy atom. The van der Waals surface area contributed by atoms with E-state index in [9.17, 15) is 50.2 Å². The summed E-state index contributed by atoms with van der Waals surface area (Å²) in [6, 6.07) is 23.6. The SMILES string of the molecule is CCN1C(=CC=CC=CC2=[N+](CCCCCC(=O)NC(C(=O)C[C@@H]3C(=O)N4[C@@H]3SC(C)(C)[C@@H]4C(=O)[O-])c3ccccc3)c3ccc4c(S(=O)(=O)O)cccc4c3C2(C)C)C(C)(C)c2c1ccc1ccc(S(=O)(=O)[O-])cc21.O=S(=O)=O.O=S(=O)=O.[Na+]. The molecule has 0 aliphatic carbocycles. The predicted octanol–water partition coefficient (Wildman–Crippen LogP) is 3.14. The summed E-state index contributed by atoms with van der Waals surface area (Å²) < 4.78 is 124. The molecule has 0 radical (unpaired) electrons. The molecule has 9 rings (SSSR count). The zero-order chi connectivity index (χ0) is 62.0. The molecule has 0 bridgehead atoms. The number of nitrogens with zero attached hydrogens (tertiary/aromatic N) is 3. The first-order chi connectivity index (χ1) is 39.2. The molecule has 5 aromatic rings. The number of carbonyl (C=O) groups excluding carboxylic acids is 4. The van der Waals surface area contributed by atoms with Gasteiger partial charge in [0.05, 0.1) is 33.6 Å². The topological polar surface area (TPSA) is 327 Å². The molecule has 4 atom stereocenters. The molecule has 1 unspecified atom stereocenters. The van der Waals surface area contributed by atoms with Gasteiger partial charge in [0.2, 0.25) is 17.5 Å². The average Bonchev–Trinajstić information content (AvgIpc) is 1.81. The van der Waals surface area contributed by atoms with E-state index in [0.717, 1.165) is 39.3 Å². The number of rotatable bonds is 18. The summed E-state index contributed by atoms with van der Waals surface area (Å²) in [5.74, 6) is -3.14. The van der Waals surface area contributed by atoms with E-state index in [1.165, 1.54) is 34.9 Å². The van der Waals surface area contributed by atoms with Crippen LogP contribution in [-0.2, 0) is 71.5 Å². The number of aliphatic carboxylic acids is 1. The molecule has 4 heterocycles. The first kappa shape index (κ1) is 67.9. The minimum atomic E-state index is -4.67. The molecule has 446 valence electrons. The van der Waals surface area contributed by atoms with Crippen LogP contribution in [0.15, 0.2) is 137 Å². The summed E-state index contributed by atoms with van der Waals surface area (Å²) in [4.78, 5) is 55.9. The van der Waals surface area contributed by atoms with Crippen LogP contribution in [-0.4, -0.2) is 119 Å². The largest absolute Gasteiger partial charge is 1.00 e. The maximum atomic E-state index is 14.0. The molecule has 85 heavy (non-hydrogen) atoms. The van der Waals surface area contributed by atoms with Crippen LogP contribution >= 0.6 is 11.8 Å². The van der Waals surface area contributed by atoms with E-state index in [2.05, 4.69) is 42.5 Å². The summed E-state index contributed by atoms with van der Waals surface area (Å²) in [5.41, 5.74) is 4.93. The Labute approximate surface area is 522 Å². The van der Waals surface area contributed by atoms with Crippen molar-refractivity contribution in [1.29, 1.82) is 0 Å². The molecule has 2 amide bonds. The number of nitrogens with one attached hydrogen (secondary N) is 1. The fraction of sp³-hybridized carbons (Fsp3) is 0.362. The monoisotopic (exact) mass is 1270 g/mol. The zero-order valence-electron chi connectivity index (χ0n) is 47.7. The molecular formula is C58H61N4NaO17S5. The first-order valence-electron chi connectivity index (χ1n) is 26.4. The number of allylic oxidation sites excluding steroid dienone is 6. The second-order valence-electron chi connectivity index (χ2n) is 21.9. The van der Waals surface area contributed by atoms with Gasteiger partial charge in [-0.05, 0) is 111 Å². The van der Waals surface area contributed by atoms with Gasteiger partial charge in [-0.25, -0.2) is 8.42 Å². The van der Waals surface area contributed by atoms with Gasteiger partial charge < -0.3 is 29.6 Å². The number of fused-ring (bicyclic) bond motifs is 7. The van der Waals surface area contributed by atoms with Gasteiger partial charge in [0.1, 0.15) is 27.6 Å². The van der Waals surface area contributed by atoms with Crippen molar-refractivity contribution >= 4 is 115 Å². The minimum Gasteiger partial charge on any atom is -0.744 e. The van der Waals surface area contributed by atoms with Crippen molar-refractivity contribution in [2.24, 2.45) is 5.92 Å². The van der Waals surface area contributed by atoms with Gasteiger partial charge in [-0.1, -0.05) is 86.7 Å². The second-order valence-corrected chi connectivity index (χ2v) is 27.3. The van der Waals surface area contributed by atoms with Crippen molar-refractivity contribution in [3.63, 3.8) is 0 Å². The van der Waals surface area contributed by atoms with Crippen LogP contribution in [0.2, 0.25) is 0 Å². The Balaban J connectivity index is 0.00000121. The fourth-order valence-corrected chi connectivity index (χ4v) is 14.9. The van der Waals surface area contributed by atoms with Crippen LogP contribution in [0, 0.1) is 5.92 Å². The zero-order valence-corrected chi connectivity index (χ0v) is 53.8. The normalized spacial score (nSPS) is 19.7. The smallest absolute Gasteiger partial charge is 0.744 e. The van der Waals surface area contributed by atoms with Gasteiger partial charge in [-0.3, -0.25) is 18.9 Å². The summed E-state index contributed by atoms with van der Waals surface area (Å²) in [6.45, 7) is 15.0. The third-order valence-electron chi connectivity index (χ3n) is 15.5. The Kier molecular flexibility index (Phi) is 21.4. The maximum Gasteiger partial charge on any atom is 1.00 e. The third kappa shape index (κ3) is 14.5. The molecule has 2 saturated heterocycles. The first-order valence-corrected chi connectivity index (χ1v) is 32.1. The van der Waals surface area contributed by atoms with Crippen LogP contribution in [0.1, 0.15) is 103 Å². The van der Waals surface area contributed by atoms with Gasteiger partial charge in [0.15, 0.2) is 11.5 Å². The molecule has 27 heteroatoms. The number of likely N-dealkylation sites (N-methyl/N-ethyl adjacent to an activating group) is 1. The Morgan fingerprint density at radius 2 is 1.44 bits per heavy atom. The van der Waals surface area contributed by atoms with Crippen molar-refractivity contribution in [1.82, 2.24) is 10.2 Å². The molecular weight excluding hydrogens is 1210 g/mol. The van der Waals surface area contributed by atoms with Crippen molar-refractivity contribution in [2.45, 2.75) is 123 Å². The maximum absolute atomic E-state index is 14.0. The molecule has 0 saturated carbocycles. The van der Waals surface area contributed by atoms with Gasteiger partial charge in [-0.15, -0.1) is 37.0 Å². The van der Waals surface area contributed by atoms with Gasteiger partial charge >= 0.3 is 50.8 Å². The Bertz CT molecular complexity index is 4070. The van der Waals surface area contributed by atoms with Crippen molar-refractivity contribution in [3.8, 4) is 0 Å². The number of unbranched alkanes of at least 4 members (excludes halogenated alkanes) is 2. The second kappa shape index (κ2) is 26.8. The number of carboxylic acid groups (broad SMARTS) is 1. The number of thioether (sulfide) groups is 1. The van der Waals surface area contributed by atoms with Crippen molar-refractivity contribution < 1.29 is 110 Å². The van der Waals surface area contributed by atoms with Gasteiger partial charge in [0.25, 0.3) is 10.1 Å². The van der Waals surface area contributed by atoms with E-state index >= 15 is 0 Å². The molecule has 0 aromatic heterocycles. The Morgan fingerprint density at radius 1 is 0.788 bits per heavy atom. The number of anilines is 1. The van der Waals surface area contributed by atoms with E-state index in [1.807, 2.05) is 61.6 Å². The number of carbonyl (C=O) groups is 4. The van der Waals surface area contributed by atoms with E-state index in [1.54, 1.807) is 62.4 Å². The molecule has 4 aliphatic heterocycles. The number of β-lactam (4-membered cyclic amide) rings is 1. The van der Waals surface area contributed by atoms with Gasteiger partial charge in [-0.2, -0.15) is 13.0 Å². The molecule has 21 nitrogen and oxygen atoms in total. The van der Waals surface area contributed by atoms with Crippen LogP contribution in [0.5, 0.6) is 0 Å². The molecule has 2 fully saturated rings. The quantitative estimate of drug-likeness (QED) is 0.0318. The van der Waals surface area contributed by atoms with Crippen LogP contribution in [0.3, 0.4) is 0 Å². The summed E-state index contributed by atoms with van der Waals surface area (Å²) in [7, 11) is -15.4. The molecule has 5 aromatic carbocycles. The average molecular weight is 1270 g/mol. The number of benzene rings is 5. The van der Waals surface area contributed by atoms with Crippen LogP contribution in [0.4, 0.5) is 11.4 Å². The molecule has 2 N–H and O–H groups in total. The number of amides is 2. The van der Waals surface area contributed by atoms with E-state index < -0.39 is 92.3 Å². The number of Topliss-reactive ketones (excluding diaryl/α,β-unsaturated/α-hetero) is 1. The number of hydrogen-bond donors (Lipinski definition) is 2. The predicted molar refractivity (Wildman–Crippen MR) is 310 cm³/mol. The van der Waals surface area contributed by atoms with Crippen LogP contribution < -0.4 is 44.9 Å². The third-order valence-corrected chi connectivity index (χ3v) is 18.9. The van der Waals surface area contributed by atoms with Crippen molar-refractivity contribution in [2.75, 3.05) is 18.0 Å². The number of carboxylic acids is 1. The minimum absolute atomic E-state index is 0.